The lowest BCUT2D eigenvalue weighted by Crippen LogP contribution is -2.50. The van der Waals surface area contributed by atoms with Crippen molar-refractivity contribution in [3.8, 4) is 17.2 Å². The molecule has 7 nitrogen and oxygen atoms in total. The molecule has 0 aromatic heterocycles. The van der Waals surface area contributed by atoms with E-state index >= 15 is 0 Å². The SMILES string of the molecule is CNC(=O)C1CN(C(=O)CCc2ccc(OC)c(OC)c2)c2ccccc2O1. The number of fused-ring (bicyclic) bond motifs is 1. The number of para-hydroxylation sites is 2. The number of benzene rings is 2. The summed E-state index contributed by atoms with van der Waals surface area (Å²) in [6.07, 6.45) is 0.109. The molecule has 0 spiro atoms. The van der Waals surface area contributed by atoms with Crippen LogP contribution in [-0.2, 0) is 16.0 Å². The summed E-state index contributed by atoms with van der Waals surface area (Å²) in [6.45, 7) is 0.182. The lowest BCUT2D eigenvalue weighted by atomic mass is 10.1. The highest BCUT2D eigenvalue weighted by Gasteiger charge is 2.33. The molecule has 1 aliphatic rings. The number of carbonyl (C=O) groups is 2. The first-order valence-corrected chi connectivity index (χ1v) is 9.06. The maximum atomic E-state index is 13.0. The highest BCUT2D eigenvalue weighted by Crippen LogP contribution is 2.34. The van der Waals surface area contributed by atoms with Crippen LogP contribution >= 0.6 is 0 Å². The van der Waals surface area contributed by atoms with Crippen molar-refractivity contribution in [1.82, 2.24) is 5.32 Å². The first-order chi connectivity index (χ1) is 13.6. The van der Waals surface area contributed by atoms with Crippen LogP contribution in [0.4, 0.5) is 5.69 Å². The number of rotatable bonds is 6. The van der Waals surface area contributed by atoms with Gasteiger partial charge in [0.1, 0.15) is 5.75 Å². The van der Waals surface area contributed by atoms with Crippen molar-refractivity contribution < 1.29 is 23.8 Å². The molecular weight excluding hydrogens is 360 g/mol. The van der Waals surface area contributed by atoms with Crippen LogP contribution in [-0.4, -0.2) is 45.7 Å². The van der Waals surface area contributed by atoms with Crippen LogP contribution < -0.4 is 24.4 Å². The van der Waals surface area contributed by atoms with E-state index in [1.807, 2.05) is 36.4 Å². The Morgan fingerprint density at radius 3 is 2.61 bits per heavy atom. The molecule has 2 aromatic carbocycles. The number of carbonyl (C=O) groups excluding carboxylic acids is 2. The van der Waals surface area contributed by atoms with Gasteiger partial charge in [-0.15, -0.1) is 0 Å². The molecule has 0 aliphatic carbocycles. The molecule has 7 heteroatoms. The summed E-state index contributed by atoms with van der Waals surface area (Å²) in [5, 5.41) is 2.58. The number of amides is 2. The van der Waals surface area contributed by atoms with Crippen molar-refractivity contribution in [3.05, 3.63) is 48.0 Å². The Hall–Kier alpha value is -3.22. The average Bonchev–Trinajstić information content (AvgIpc) is 2.75. The van der Waals surface area contributed by atoms with Crippen molar-refractivity contribution in [1.29, 1.82) is 0 Å². The van der Waals surface area contributed by atoms with Gasteiger partial charge in [-0.1, -0.05) is 18.2 Å². The van der Waals surface area contributed by atoms with Gasteiger partial charge in [-0.25, -0.2) is 0 Å². The number of nitrogens with zero attached hydrogens (tertiary/aromatic N) is 1. The van der Waals surface area contributed by atoms with Crippen LogP contribution in [0.1, 0.15) is 12.0 Å². The zero-order chi connectivity index (χ0) is 20.1. The second-order valence-corrected chi connectivity index (χ2v) is 6.38. The Bertz CT molecular complexity index is 868. The van der Waals surface area contributed by atoms with E-state index < -0.39 is 6.10 Å². The van der Waals surface area contributed by atoms with E-state index in [4.69, 9.17) is 14.2 Å². The van der Waals surface area contributed by atoms with E-state index in [-0.39, 0.29) is 18.4 Å². The Morgan fingerprint density at radius 2 is 1.89 bits per heavy atom. The van der Waals surface area contributed by atoms with E-state index in [2.05, 4.69) is 5.32 Å². The predicted octanol–water partition coefficient (Wildman–Crippen LogP) is 2.18. The third kappa shape index (κ3) is 4.03. The number of hydrogen-bond acceptors (Lipinski definition) is 5. The van der Waals surface area contributed by atoms with Gasteiger partial charge in [0.05, 0.1) is 26.5 Å². The van der Waals surface area contributed by atoms with Crippen molar-refractivity contribution >= 4 is 17.5 Å². The van der Waals surface area contributed by atoms with Gasteiger partial charge in [-0.2, -0.15) is 0 Å². The van der Waals surface area contributed by atoms with Crippen LogP contribution in [0.2, 0.25) is 0 Å². The Morgan fingerprint density at radius 1 is 1.14 bits per heavy atom. The molecule has 28 heavy (non-hydrogen) atoms. The molecule has 0 radical (unpaired) electrons. The number of hydrogen-bond donors (Lipinski definition) is 1. The fourth-order valence-corrected chi connectivity index (χ4v) is 3.19. The van der Waals surface area contributed by atoms with Gasteiger partial charge in [0, 0.05) is 13.5 Å². The first kappa shape index (κ1) is 19.5. The van der Waals surface area contributed by atoms with Crippen LogP contribution in [0.5, 0.6) is 17.2 Å². The van der Waals surface area contributed by atoms with Crippen LogP contribution in [0.25, 0.3) is 0 Å². The molecule has 2 amide bonds. The monoisotopic (exact) mass is 384 g/mol. The maximum Gasteiger partial charge on any atom is 0.262 e. The van der Waals surface area contributed by atoms with E-state index in [1.54, 1.807) is 32.2 Å². The molecule has 1 atom stereocenters. The van der Waals surface area contributed by atoms with Gasteiger partial charge in [0.25, 0.3) is 5.91 Å². The number of anilines is 1. The second kappa shape index (κ2) is 8.65. The normalized spacial score (nSPS) is 15.2. The largest absolute Gasteiger partial charge is 0.493 e. The summed E-state index contributed by atoms with van der Waals surface area (Å²) in [5.41, 5.74) is 1.65. The summed E-state index contributed by atoms with van der Waals surface area (Å²) in [5.74, 6) is 1.48. The maximum absolute atomic E-state index is 13.0. The van der Waals surface area contributed by atoms with Gasteiger partial charge >= 0.3 is 0 Å². The van der Waals surface area contributed by atoms with Crippen molar-refractivity contribution in [2.24, 2.45) is 0 Å². The summed E-state index contributed by atoms with van der Waals surface area (Å²) in [7, 11) is 4.71. The summed E-state index contributed by atoms with van der Waals surface area (Å²) < 4.78 is 16.3. The van der Waals surface area contributed by atoms with Gasteiger partial charge in [-0.3, -0.25) is 9.59 Å². The summed E-state index contributed by atoms with van der Waals surface area (Å²) in [6, 6.07) is 12.9. The predicted molar refractivity (Wildman–Crippen MR) is 105 cm³/mol. The highest BCUT2D eigenvalue weighted by molar-refractivity contribution is 5.97. The highest BCUT2D eigenvalue weighted by atomic mass is 16.5. The number of methoxy groups -OCH3 is 2. The quantitative estimate of drug-likeness (QED) is 0.826. The van der Waals surface area contributed by atoms with Gasteiger partial charge in [-0.05, 0) is 36.2 Å². The topological polar surface area (TPSA) is 77.1 Å². The zero-order valence-electron chi connectivity index (χ0n) is 16.2. The van der Waals surface area contributed by atoms with Crippen molar-refractivity contribution in [2.45, 2.75) is 18.9 Å². The number of likely N-dealkylation sites (N-methyl/N-ethyl adjacent to an activating group) is 1. The average molecular weight is 384 g/mol. The molecule has 0 saturated carbocycles. The van der Waals surface area contributed by atoms with Crippen molar-refractivity contribution in [2.75, 3.05) is 32.7 Å². The number of ether oxygens (including phenoxy) is 3. The third-order valence-electron chi connectivity index (χ3n) is 4.69. The summed E-state index contributed by atoms with van der Waals surface area (Å²) >= 11 is 0. The molecule has 1 N–H and O–H groups in total. The van der Waals surface area contributed by atoms with Gasteiger partial charge in [0.15, 0.2) is 17.6 Å². The molecule has 1 aliphatic heterocycles. The molecule has 1 unspecified atom stereocenters. The lowest BCUT2D eigenvalue weighted by molar-refractivity contribution is -0.127. The minimum Gasteiger partial charge on any atom is -0.493 e. The Labute approximate surface area is 164 Å². The summed E-state index contributed by atoms with van der Waals surface area (Å²) in [4.78, 5) is 26.6. The van der Waals surface area contributed by atoms with Crippen molar-refractivity contribution in [3.63, 3.8) is 0 Å². The molecular formula is C21H24N2O5. The molecule has 2 aromatic rings. The number of aryl methyl sites for hydroxylation is 1. The molecule has 1 heterocycles. The fraction of sp³-hybridized carbons (Fsp3) is 0.333. The number of nitrogens with one attached hydrogen (secondary N) is 1. The Balaban J connectivity index is 1.75. The zero-order valence-corrected chi connectivity index (χ0v) is 16.2. The van der Waals surface area contributed by atoms with Gasteiger partial charge in [0.2, 0.25) is 5.91 Å². The van der Waals surface area contributed by atoms with E-state index in [1.165, 1.54) is 0 Å². The molecule has 0 bridgehead atoms. The van der Waals surface area contributed by atoms with E-state index in [0.717, 1.165) is 5.56 Å². The minimum absolute atomic E-state index is 0.0700. The van der Waals surface area contributed by atoms with E-state index in [0.29, 0.717) is 35.8 Å². The van der Waals surface area contributed by atoms with E-state index in [9.17, 15) is 9.59 Å². The first-order valence-electron chi connectivity index (χ1n) is 9.06. The minimum atomic E-state index is -0.732. The van der Waals surface area contributed by atoms with Crippen LogP contribution in [0.3, 0.4) is 0 Å². The molecule has 0 saturated heterocycles. The van der Waals surface area contributed by atoms with Crippen LogP contribution in [0.15, 0.2) is 42.5 Å². The van der Waals surface area contributed by atoms with Gasteiger partial charge < -0.3 is 24.4 Å². The molecule has 148 valence electrons. The molecule has 0 fully saturated rings. The van der Waals surface area contributed by atoms with Crippen LogP contribution in [0, 0.1) is 0 Å². The smallest absolute Gasteiger partial charge is 0.262 e. The fourth-order valence-electron chi connectivity index (χ4n) is 3.19. The Kier molecular flexibility index (Phi) is 6.03. The molecule has 3 rings (SSSR count). The lowest BCUT2D eigenvalue weighted by Gasteiger charge is -2.34. The third-order valence-corrected chi connectivity index (χ3v) is 4.69. The second-order valence-electron chi connectivity index (χ2n) is 6.38. The standard InChI is InChI=1S/C21H24N2O5/c1-22-21(25)19-13-23(15-6-4-5-7-16(15)28-19)20(24)11-9-14-8-10-17(26-2)18(12-14)27-3/h4-8,10,12,19H,9,11,13H2,1-3H3,(H,22,25).